The summed E-state index contributed by atoms with van der Waals surface area (Å²) in [5, 5.41) is 28.9. The van der Waals surface area contributed by atoms with Crippen LogP contribution in [-0.2, 0) is 7.05 Å². The lowest BCUT2D eigenvalue weighted by Gasteiger charge is -2.10. The first-order valence-corrected chi connectivity index (χ1v) is 10.5. The molecule has 164 valence electrons. The van der Waals surface area contributed by atoms with Crippen molar-refractivity contribution in [1.82, 2.24) is 30.3 Å². The van der Waals surface area contributed by atoms with Crippen molar-refractivity contribution in [2.24, 2.45) is 7.05 Å². The van der Waals surface area contributed by atoms with Gasteiger partial charge < -0.3 is 15.4 Å². The minimum atomic E-state index is 0.394. The van der Waals surface area contributed by atoms with Gasteiger partial charge in [0.25, 0.3) is 0 Å². The van der Waals surface area contributed by atoms with E-state index in [1.165, 1.54) is 0 Å². The summed E-state index contributed by atoms with van der Waals surface area (Å²) in [7, 11) is 1.77. The summed E-state index contributed by atoms with van der Waals surface area (Å²) in [5.41, 5.74) is 2.59. The van der Waals surface area contributed by atoms with Crippen molar-refractivity contribution in [2.75, 3.05) is 18.5 Å². The average molecular weight is 451 g/mol. The van der Waals surface area contributed by atoms with Crippen LogP contribution in [0, 0.1) is 11.3 Å². The third-order valence-electron chi connectivity index (χ3n) is 4.84. The minimum absolute atomic E-state index is 0.394. The van der Waals surface area contributed by atoms with Crippen LogP contribution in [0.2, 0.25) is 5.02 Å². The molecule has 0 saturated carbocycles. The number of anilines is 2. The number of nitriles is 1. The highest BCUT2D eigenvalue weighted by Crippen LogP contribution is 2.32. The number of nitrogens with zero attached hydrogens (tertiary/aromatic N) is 5. The van der Waals surface area contributed by atoms with Crippen molar-refractivity contribution in [3.05, 3.63) is 47.1 Å². The standard InChI is InChI=1S/C22H23ClN8O/c1-13(2)25-8-9-32-15-4-5-16(14(10-15)11-24)21-28-22(31(3)30-21)27-19-7-6-18-17(20(19)23)12-26-29-18/h4-7,10,12-13,25H,8-9H2,1-3H3,(H,26,29)(H,27,28,30). The van der Waals surface area contributed by atoms with E-state index in [1.54, 1.807) is 30.1 Å². The zero-order chi connectivity index (χ0) is 22.7. The second kappa shape index (κ2) is 9.26. The Balaban J connectivity index is 1.55. The summed E-state index contributed by atoms with van der Waals surface area (Å²) in [6.45, 7) is 5.40. The molecule has 10 heteroatoms. The second-order valence-corrected chi connectivity index (χ2v) is 7.92. The smallest absolute Gasteiger partial charge is 0.225 e. The van der Waals surface area contributed by atoms with Gasteiger partial charge in [-0.2, -0.15) is 15.3 Å². The van der Waals surface area contributed by atoms with E-state index in [9.17, 15) is 5.26 Å². The van der Waals surface area contributed by atoms with Crippen molar-refractivity contribution in [3.63, 3.8) is 0 Å². The fraction of sp³-hybridized carbons (Fsp3) is 0.273. The summed E-state index contributed by atoms with van der Waals surface area (Å²) in [4.78, 5) is 4.57. The predicted octanol–water partition coefficient (Wildman–Crippen LogP) is 4.00. The predicted molar refractivity (Wildman–Crippen MR) is 124 cm³/mol. The molecule has 0 bridgehead atoms. The van der Waals surface area contributed by atoms with Gasteiger partial charge in [0.15, 0.2) is 5.82 Å². The van der Waals surface area contributed by atoms with Crippen LogP contribution in [0.1, 0.15) is 19.4 Å². The van der Waals surface area contributed by atoms with Crippen molar-refractivity contribution in [3.8, 4) is 23.2 Å². The monoisotopic (exact) mass is 450 g/mol. The molecule has 0 unspecified atom stereocenters. The highest BCUT2D eigenvalue weighted by molar-refractivity contribution is 6.38. The van der Waals surface area contributed by atoms with Crippen LogP contribution in [0.25, 0.3) is 22.3 Å². The molecule has 0 aliphatic carbocycles. The van der Waals surface area contributed by atoms with E-state index in [0.29, 0.717) is 52.0 Å². The molecule has 2 aromatic heterocycles. The zero-order valence-corrected chi connectivity index (χ0v) is 18.7. The second-order valence-electron chi connectivity index (χ2n) is 7.54. The Bertz CT molecular complexity index is 1290. The minimum Gasteiger partial charge on any atom is -0.492 e. The molecular weight excluding hydrogens is 428 g/mol. The SMILES string of the molecule is CC(C)NCCOc1ccc(-c2nc(Nc3ccc4[nH]ncc4c3Cl)n(C)n2)c(C#N)c1. The van der Waals surface area contributed by atoms with Gasteiger partial charge in [0, 0.05) is 30.6 Å². The maximum Gasteiger partial charge on any atom is 0.225 e. The van der Waals surface area contributed by atoms with Crippen LogP contribution in [-0.4, -0.2) is 44.2 Å². The Morgan fingerprint density at radius 3 is 2.91 bits per heavy atom. The zero-order valence-electron chi connectivity index (χ0n) is 18.0. The maximum absolute atomic E-state index is 9.65. The first-order chi connectivity index (χ1) is 15.5. The number of aromatic amines is 1. The number of H-pyrrole nitrogens is 1. The number of fused-ring (bicyclic) bond motifs is 1. The summed E-state index contributed by atoms with van der Waals surface area (Å²) < 4.78 is 7.35. The van der Waals surface area contributed by atoms with E-state index in [1.807, 2.05) is 18.2 Å². The third kappa shape index (κ3) is 4.51. The molecule has 4 rings (SSSR count). The number of ether oxygens (including phenoxy) is 1. The van der Waals surface area contributed by atoms with Crippen LogP contribution < -0.4 is 15.4 Å². The molecule has 2 heterocycles. The Hall–Kier alpha value is -3.61. The first-order valence-electron chi connectivity index (χ1n) is 10.2. The molecule has 0 atom stereocenters. The van der Waals surface area contributed by atoms with Gasteiger partial charge in [-0.25, -0.2) is 4.68 Å². The number of nitrogens with one attached hydrogen (secondary N) is 3. The fourth-order valence-electron chi connectivity index (χ4n) is 3.22. The van der Waals surface area contributed by atoms with E-state index in [-0.39, 0.29) is 0 Å². The molecule has 4 aromatic rings. The van der Waals surface area contributed by atoms with E-state index < -0.39 is 0 Å². The molecular formula is C22H23ClN8O. The highest BCUT2D eigenvalue weighted by atomic mass is 35.5. The van der Waals surface area contributed by atoms with E-state index in [0.717, 1.165) is 17.4 Å². The third-order valence-corrected chi connectivity index (χ3v) is 5.25. The van der Waals surface area contributed by atoms with Crippen molar-refractivity contribution >= 4 is 34.1 Å². The molecule has 0 radical (unpaired) electrons. The summed E-state index contributed by atoms with van der Waals surface area (Å²) in [6, 6.07) is 11.7. The molecule has 3 N–H and O–H groups in total. The van der Waals surface area contributed by atoms with Gasteiger partial charge in [0.05, 0.1) is 28.0 Å². The number of benzene rings is 2. The number of hydrogen-bond acceptors (Lipinski definition) is 7. The summed E-state index contributed by atoms with van der Waals surface area (Å²) in [6.07, 6.45) is 1.67. The molecule has 9 nitrogen and oxygen atoms in total. The Kier molecular flexibility index (Phi) is 6.25. The molecule has 32 heavy (non-hydrogen) atoms. The molecule has 2 aromatic carbocycles. The van der Waals surface area contributed by atoms with E-state index in [4.69, 9.17) is 16.3 Å². The molecule has 0 saturated heterocycles. The summed E-state index contributed by atoms with van der Waals surface area (Å²) >= 11 is 6.50. The van der Waals surface area contributed by atoms with E-state index >= 15 is 0 Å². The van der Waals surface area contributed by atoms with Crippen molar-refractivity contribution in [1.29, 1.82) is 5.26 Å². The quantitative estimate of drug-likeness (QED) is 0.347. The van der Waals surface area contributed by atoms with Crippen LogP contribution in [0.5, 0.6) is 5.75 Å². The molecule has 0 spiro atoms. The van der Waals surface area contributed by atoms with Crippen molar-refractivity contribution in [2.45, 2.75) is 19.9 Å². The molecule has 0 aliphatic heterocycles. The number of aryl methyl sites for hydroxylation is 1. The lowest BCUT2D eigenvalue weighted by Crippen LogP contribution is -2.27. The van der Waals surface area contributed by atoms with Gasteiger partial charge in [0.2, 0.25) is 5.95 Å². The number of aromatic nitrogens is 5. The normalized spacial score (nSPS) is 11.1. The van der Waals surface area contributed by atoms with Crippen LogP contribution >= 0.6 is 11.6 Å². The Morgan fingerprint density at radius 2 is 2.12 bits per heavy atom. The lowest BCUT2D eigenvalue weighted by atomic mass is 10.1. The number of rotatable bonds is 8. The van der Waals surface area contributed by atoms with Crippen LogP contribution in [0.4, 0.5) is 11.6 Å². The molecule has 0 amide bonds. The fourth-order valence-corrected chi connectivity index (χ4v) is 3.49. The van der Waals surface area contributed by atoms with E-state index in [2.05, 4.69) is 50.8 Å². The van der Waals surface area contributed by atoms with Crippen molar-refractivity contribution < 1.29 is 4.74 Å². The average Bonchev–Trinajstić information content (AvgIpc) is 3.40. The Morgan fingerprint density at radius 1 is 1.28 bits per heavy atom. The van der Waals surface area contributed by atoms with Gasteiger partial charge in [-0.15, -0.1) is 5.10 Å². The van der Waals surface area contributed by atoms with Crippen LogP contribution in [0.15, 0.2) is 36.5 Å². The van der Waals surface area contributed by atoms with Gasteiger partial charge >= 0.3 is 0 Å². The number of hydrogen-bond donors (Lipinski definition) is 3. The molecule has 0 aliphatic rings. The van der Waals surface area contributed by atoms with Crippen LogP contribution in [0.3, 0.4) is 0 Å². The lowest BCUT2D eigenvalue weighted by molar-refractivity contribution is 0.309. The number of halogens is 1. The highest BCUT2D eigenvalue weighted by Gasteiger charge is 2.16. The summed E-state index contributed by atoms with van der Waals surface area (Å²) in [5.74, 6) is 1.55. The van der Waals surface area contributed by atoms with Gasteiger partial charge in [-0.3, -0.25) is 5.10 Å². The van der Waals surface area contributed by atoms with Gasteiger partial charge in [0.1, 0.15) is 18.4 Å². The largest absolute Gasteiger partial charge is 0.492 e. The van der Waals surface area contributed by atoms with Gasteiger partial charge in [-0.1, -0.05) is 25.4 Å². The maximum atomic E-state index is 9.65. The molecule has 0 fully saturated rings. The topological polar surface area (TPSA) is 116 Å². The Labute approximate surface area is 190 Å². The van der Waals surface area contributed by atoms with Gasteiger partial charge in [-0.05, 0) is 30.3 Å². The first kappa shape index (κ1) is 21.6.